The molecular weight excluding hydrogens is 304 g/mol. The van der Waals surface area contributed by atoms with Crippen molar-refractivity contribution in [1.29, 1.82) is 0 Å². The average molecular weight is 332 g/mol. The first-order valence-electron chi connectivity index (χ1n) is 9.10. The molecule has 3 heterocycles. The van der Waals surface area contributed by atoms with E-state index < -0.39 is 0 Å². The Bertz CT molecular complexity index is 546. The maximum atomic E-state index is 12.7. The molecule has 2 aliphatic heterocycles. The molecular formula is C18H28N4O2. The van der Waals surface area contributed by atoms with Crippen molar-refractivity contribution in [3.63, 3.8) is 0 Å². The monoisotopic (exact) mass is 332 g/mol. The Morgan fingerprint density at radius 3 is 2.83 bits per heavy atom. The lowest BCUT2D eigenvalue weighted by atomic mass is 10.1. The van der Waals surface area contributed by atoms with E-state index in [1.807, 2.05) is 11.8 Å². The Labute approximate surface area is 144 Å². The number of likely N-dealkylation sites (tertiary alicyclic amines) is 1. The third-order valence-corrected chi connectivity index (χ3v) is 5.09. The van der Waals surface area contributed by atoms with Crippen molar-refractivity contribution in [2.75, 3.05) is 39.4 Å². The summed E-state index contributed by atoms with van der Waals surface area (Å²) in [6.07, 6.45) is 8.34. The molecule has 1 aromatic rings. The smallest absolute Gasteiger partial charge is 0.224 e. The molecule has 0 bridgehead atoms. The van der Waals surface area contributed by atoms with E-state index in [2.05, 4.69) is 14.9 Å². The topological polar surface area (TPSA) is 58.6 Å². The molecule has 1 atom stereocenters. The number of aromatic nitrogens is 2. The number of carbonyl (C=O) groups excluding carboxylic acids is 1. The van der Waals surface area contributed by atoms with Gasteiger partial charge in [-0.05, 0) is 45.7 Å². The Morgan fingerprint density at radius 1 is 1.25 bits per heavy atom. The molecule has 0 aliphatic carbocycles. The molecule has 2 saturated heterocycles. The van der Waals surface area contributed by atoms with Gasteiger partial charge in [0.15, 0.2) is 0 Å². The van der Waals surface area contributed by atoms with E-state index in [4.69, 9.17) is 4.74 Å². The van der Waals surface area contributed by atoms with Crippen LogP contribution in [0.1, 0.15) is 37.1 Å². The van der Waals surface area contributed by atoms with E-state index in [9.17, 15) is 4.79 Å². The minimum atomic E-state index is 0.159. The Balaban J connectivity index is 1.52. The number of ether oxygens (including phenoxy) is 1. The number of amides is 1. The van der Waals surface area contributed by atoms with Crippen molar-refractivity contribution < 1.29 is 9.53 Å². The minimum absolute atomic E-state index is 0.159. The van der Waals surface area contributed by atoms with E-state index in [1.165, 1.54) is 12.8 Å². The maximum Gasteiger partial charge on any atom is 0.224 e. The number of aryl methyl sites for hydroxylation is 2. The second-order valence-corrected chi connectivity index (χ2v) is 6.74. The zero-order valence-electron chi connectivity index (χ0n) is 14.6. The summed E-state index contributed by atoms with van der Waals surface area (Å²) in [5.41, 5.74) is 1.99. The van der Waals surface area contributed by atoms with Gasteiger partial charge in [-0.15, -0.1) is 0 Å². The van der Waals surface area contributed by atoms with Crippen molar-refractivity contribution in [2.24, 2.45) is 0 Å². The number of rotatable bonds is 6. The van der Waals surface area contributed by atoms with Crippen LogP contribution in [0.5, 0.6) is 0 Å². The van der Waals surface area contributed by atoms with Crippen LogP contribution < -0.4 is 0 Å². The standard InChI is InChI=1S/C18H28N4O2/c1-15-17(20-8-7-19-15)5-4-16-14-24-13-12-22(16)18(23)6-11-21-9-2-3-10-21/h7-8,16H,2-6,9-14H2,1H3. The fourth-order valence-electron chi connectivity index (χ4n) is 3.61. The highest BCUT2D eigenvalue weighted by Crippen LogP contribution is 2.16. The molecule has 0 aromatic carbocycles. The van der Waals surface area contributed by atoms with Gasteiger partial charge in [0, 0.05) is 31.9 Å². The zero-order chi connectivity index (χ0) is 16.8. The quantitative estimate of drug-likeness (QED) is 0.789. The van der Waals surface area contributed by atoms with Gasteiger partial charge < -0.3 is 14.5 Å². The van der Waals surface area contributed by atoms with Crippen LogP contribution in [0.3, 0.4) is 0 Å². The molecule has 6 nitrogen and oxygen atoms in total. The second-order valence-electron chi connectivity index (χ2n) is 6.74. The Kier molecular flexibility index (Phi) is 6.15. The van der Waals surface area contributed by atoms with Crippen LogP contribution >= 0.6 is 0 Å². The first-order valence-corrected chi connectivity index (χ1v) is 9.10. The molecule has 0 N–H and O–H groups in total. The third-order valence-electron chi connectivity index (χ3n) is 5.09. The summed E-state index contributed by atoms with van der Waals surface area (Å²) in [7, 11) is 0. The van der Waals surface area contributed by atoms with Crippen LogP contribution in [0.15, 0.2) is 12.4 Å². The fourth-order valence-corrected chi connectivity index (χ4v) is 3.61. The lowest BCUT2D eigenvalue weighted by Crippen LogP contribution is -2.49. The van der Waals surface area contributed by atoms with E-state index in [0.717, 1.165) is 43.9 Å². The zero-order valence-corrected chi connectivity index (χ0v) is 14.6. The molecule has 132 valence electrons. The predicted molar refractivity (Wildman–Crippen MR) is 91.7 cm³/mol. The molecule has 2 fully saturated rings. The number of hydrogen-bond donors (Lipinski definition) is 0. The van der Waals surface area contributed by atoms with Gasteiger partial charge in [-0.2, -0.15) is 0 Å². The highest BCUT2D eigenvalue weighted by molar-refractivity contribution is 5.76. The van der Waals surface area contributed by atoms with Crippen LogP contribution in [-0.2, 0) is 16.0 Å². The molecule has 1 amide bonds. The van der Waals surface area contributed by atoms with Gasteiger partial charge >= 0.3 is 0 Å². The molecule has 2 aliphatic rings. The summed E-state index contributed by atoms with van der Waals surface area (Å²) in [5.74, 6) is 0.270. The van der Waals surface area contributed by atoms with Crippen LogP contribution in [0.25, 0.3) is 0 Å². The molecule has 1 aromatic heterocycles. The summed E-state index contributed by atoms with van der Waals surface area (Å²) in [6.45, 7) is 7.16. The van der Waals surface area contributed by atoms with Crippen LogP contribution in [0.2, 0.25) is 0 Å². The Morgan fingerprint density at radius 2 is 2.04 bits per heavy atom. The highest BCUT2D eigenvalue weighted by atomic mass is 16.5. The van der Waals surface area contributed by atoms with Crippen LogP contribution in [-0.4, -0.2) is 71.1 Å². The van der Waals surface area contributed by atoms with Gasteiger partial charge in [0.1, 0.15) is 0 Å². The Hall–Kier alpha value is -1.53. The molecule has 1 unspecified atom stereocenters. The van der Waals surface area contributed by atoms with Crippen molar-refractivity contribution >= 4 is 5.91 Å². The maximum absolute atomic E-state index is 12.7. The lowest BCUT2D eigenvalue weighted by molar-refractivity contribution is -0.140. The van der Waals surface area contributed by atoms with Crippen molar-refractivity contribution in [2.45, 2.75) is 45.1 Å². The van der Waals surface area contributed by atoms with Crippen molar-refractivity contribution in [3.8, 4) is 0 Å². The first-order chi connectivity index (χ1) is 11.7. The van der Waals surface area contributed by atoms with Gasteiger partial charge in [-0.3, -0.25) is 14.8 Å². The average Bonchev–Trinajstić information content (AvgIpc) is 3.13. The normalized spacial score (nSPS) is 22.0. The van der Waals surface area contributed by atoms with E-state index in [1.54, 1.807) is 12.4 Å². The molecule has 0 saturated carbocycles. The summed E-state index contributed by atoms with van der Waals surface area (Å²) < 4.78 is 5.62. The summed E-state index contributed by atoms with van der Waals surface area (Å²) in [4.78, 5) is 25.8. The molecule has 24 heavy (non-hydrogen) atoms. The van der Waals surface area contributed by atoms with Gasteiger partial charge in [-0.25, -0.2) is 0 Å². The van der Waals surface area contributed by atoms with Crippen LogP contribution in [0, 0.1) is 6.92 Å². The van der Waals surface area contributed by atoms with Gasteiger partial charge in [-0.1, -0.05) is 0 Å². The van der Waals surface area contributed by atoms with Gasteiger partial charge in [0.05, 0.1) is 30.6 Å². The van der Waals surface area contributed by atoms with E-state index >= 15 is 0 Å². The summed E-state index contributed by atoms with van der Waals surface area (Å²) in [6, 6.07) is 0.159. The number of morpholine rings is 1. The molecule has 6 heteroatoms. The van der Waals surface area contributed by atoms with Gasteiger partial charge in [0.25, 0.3) is 0 Å². The molecule has 3 rings (SSSR count). The largest absolute Gasteiger partial charge is 0.377 e. The number of hydrogen-bond acceptors (Lipinski definition) is 5. The minimum Gasteiger partial charge on any atom is -0.377 e. The van der Waals surface area contributed by atoms with Crippen molar-refractivity contribution in [3.05, 3.63) is 23.8 Å². The second kappa shape index (κ2) is 8.53. The lowest BCUT2D eigenvalue weighted by Gasteiger charge is -2.36. The van der Waals surface area contributed by atoms with Crippen LogP contribution in [0.4, 0.5) is 0 Å². The number of nitrogens with zero attached hydrogens (tertiary/aromatic N) is 4. The summed E-state index contributed by atoms with van der Waals surface area (Å²) >= 11 is 0. The van der Waals surface area contributed by atoms with Gasteiger partial charge in [0.2, 0.25) is 5.91 Å². The highest BCUT2D eigenvalue weighted by Gasteiger charge is 2.27. The third kappa shape index (κ3) is 4.51. The fraction of sp³-hybridized carbons (Fsp3) is 0.722. The van der Waals surface area contributed by atoms with E-state index in [-0.39, 0.29) is 11.9 Å². The predicted octanol–water partition coefficient (Wildman–Crippen LogP) is 1.43. The van der Waals surface area contributed by atoms with Crippen molar-refractivity contribution in [1.82, 2.24) is 19.8 Å². The molecule has 0 radical (unpaired) electrons. The number of carbonyl (C=O) groups is 1. The van der Waals surface area contributed by atoms with E-state index in [0.29, 0.717) is 26.2 Å². The SMILES string of the molecule is Cc1nccnc1CCC1COCCN1C(=O)CCN1CCCC1. The summed E-state index contributed by atoms with van der Waals surface area (Å²) in [5, 5.41) is 0. The molecule has 0 spiro atoms. The first kappa shape index (κ1) is 17.3.